The molecule has 7 nitrogen and oxygen atoms in total. The van der Waals surface area contributed by atoms with Crippen LogP contribution in [0.1, 0.15) is 23.1 Å². The number of halogens is 1. The number of hydrogen-bond donors (Lipinski definition) is 1. The molecule has 0 fully saturated rings. The lowest BCUT2D eigenvalue weighted by atomic mass is 9.99. The summed E-state index contributed by atoms with van der Waals surface area (Å²) in [6.45, 7) is 2.98. The van der Waals surface area contributed by atoms with Crippen LogP contribution in [-0.4, -0.2) is 31.2 Å². The van der Waals surface area contributed by atoms with E-state index in [0.717, 1.165) is 41.0 Å². The van der Waals surface area contributed by atoms with Crippen LogP contribution < -0.4 is 10.1 Å². The van der Waals surface area contributed by atoms with E-state index in [4.69, 9.17) is 4.74 Å². The molecular weight excluding hydrogens is 371 g/mol. The van der Waals surface area contributed by atoms with E-state index in [1.165, 1.54) is 6.07 Å². The summed E-state index contributed by atoms with van der Waals surface area (Å²) >= 11 is 0. The van der Waals surface area contributed by atoms with Crippen molar-refractivity contribution in [3.8, 4) is 17.0 Å². The van der Waals surface area contributed by atoms with Gasteiger partial charge in [0.2, 0.25) is 5.65 Å². The van der Waals surface area contributed by atoms with Crippen LogP contribution in [-0.2, 0) is 13.0 Å². The van der Waals surface area contributed by atoms with Crippen LogP contribution in [0.5, 0.6) is 5.75 Å². The maximum atomic E-state index is 14.5. The Labute approximate surface area is 166 Å². The van der Waals surface area contributed by atoms with Crippen LogP contribution in [0, 0.1) is 12.7 Å². The van der Waals surface area contributed by atoms with Crippen molar-refractivity contribution in [2.24, 2.45) is 0 Å². The third kappa shape index (κ3) is 3.06. The molecule has 1 aliphatic rings. The molecule has 0 saturated carbocycles. The summed E-state index contributed by atoms with van der Waals surface area (Å²) < 4.78 is 22.0. The van der Waals surface area contributed by atoms with Gasteiger partial charge in [0, 0.05) is 35.6 Å². The van der Waals surface area contributed by atoms with E-state index in [1.807, 2.05) is 17.4 Å². The summed E-state index contributed by atoms with van der Waals surface area (Å²) in [5.74, 6) is 1.06. The zero-order chi connectivity index (χ0) is 19.8. The molecule has 29 heavy (non-hydrogen) atoms. The van der Waals surface area contributed by atoms with Crippen LogP contribution in [0.3, 0.4) is 0 Å². The van der Waals surface area contributed by atoms with Gasteiger partial charge in [0.15, 0.2) is 5.82 Å². The van der Waals surface area contributed by atoms with Crippen molar-refractivity contribution in [2.75, 3.05) is 11.9 Å². The molecule has 8 heteroatoms. The number of ether oxygens (including phenoxy) is 1. The minimum Gasteiger partial charge on any atom is -0.493 e. The summed E-state index contributed by atoms with van der Waals surface area (Å²) in [6.07, 6.45) is 8.63. The summed E-state index contributed by atoms with van der Waals surface area (Å²) in [4.78, 5) is 8.75. The highest BCUT2D eigenvalue weighted by Crippen LogP contribution is 2.31. The van der Waals surface area contributed by atoms with Crippen LogP contribution in [0.4, 0.5) is 10.2 Å². The SMILES string of the molecule is Cc1ccncc1-c1cnc(NCc2c(F)ccc3c2CCCO3)c2nncn12. The fraction of sp³-hybridized carbons (Fsp3) is 0.238. The van der Waals surface area contributed by atoms with Crippen LogP contribution >= 0.6 is 0 Å². The number of aromatic nitrogens is 5. The topological polar surface area (TPSA) is 77.2 Å². The first-order chi connectivity index (χ1) is 14.2. The van der Waals surface area contributed by atoms with Gasteiger partial charge in [0.25, 0.3) is 0 Å². The van der Waals surface area contributed by atoms with Crippen LogP contribution in [0.25, 0.3) is 16.9 Å². The first kappa shape index (κ1) is 17.5. The smallest absolute Gasteiger partial charge is 0.203 e. The van der Waals surface area contributed by atoms with Crippen molar-refractivity contribution in [3.63, 3.8) is 0 Å². The van der Waals surface area contributed by atoms with E-state index in [-0.39, 0.29) is 5.82 Å². The maximum Gasteiger partial charge on any atom is 0.203 e. The standard InChI is InChI=1S/C21H19FN6O/c1-13-6-7-23-9-15(13)18-11-25-20(21-27-26-12-28(18)21)24-10-16-14-3-2-8-29-19(14)5-4-17(16)22/h4-7,9,11-12H,2-3,8,10H2,1H3,(H,24,25). The Kier molecular flexibility index (Phi) is 4.31. The molecule has 4 heterocycles. The lowest BCUT2D eigenvalue weighted by molar-refractivity contribution is 0.286. The average Bonchev–Trinajstić information content (AvgIpc) is 3.24. The Morgan fingerprint density at radius 3 is 3.07 bits per heavy atom. The van der Waals surface area contributed by atoms with Crippen LogP contribution in [0.2, 0.25) is 0 Å². The molecule has 0 unspecified atom stereocenters. The number of pyridine rings is 1. The van der Waals surface area contributed by atoms with E-state index in [9.17, 15) is 4.39 Å². The normalized spacial score (nSPS) is 13.2. The predicted octanol–water partition coefficient (Wildman–Crippen LogP) is 3.57. The predicted molar refractivity (Wildman–Crippen MR) is 106 cm³/mol. The number of aryl methyl sites for hydroxylation is 1. The largest absolute Gasteiger partial charge is 0.493 e. The molecule has 0 aliphatic carbocycles. The summed E-state index contributed by atoms with van der Waals surface area (Å²) in [5.41, 5.74) is 4.98. The number of anilines is 1. The van der Waals surface area contributed by atoms with E-state index in [2.05, 4.69) is 25.5 Å². The molecule has 0 spiro atoms. The molecule has 3 aromatic heterocycles. The van der Waals surface area contributed by atoms with Gasteiger partial charge in [0.05, 0.1) is 18.5 Å². The lowest BCUT2D eigenvalue weighted by Crippen LogP contribution is -2.14. The number of fused-ring (bicyclic) bond motifs is 2. The molecule has 1 aliphatic heterocycles. The van der Waals surface area contributed by atoms with Gasteiger partial charge in [-0.1, -0.05) is 0 Å². The highest BCUT2D eigenvalue weighted by Gasteiger charge is 2.19. The molecule has 0 amide bonds. The second kappa shape index (κ2) is 7.12. The van der Waals surface area contributed by atoms with Crippen LogP contribution in [0.15, 0.2) is 43.1 Å². The summed E-state index contributed by atoms with van der Waals surface area (Å²) in [5, 5.41) is 11.5. The number of benzene rings is 1. The van der Waals surface area contributed by atoms with Gasteiger partial charge in [0.1, 0.15) is 17.9 Å². The summed E-state index contributed by atoms with van der Waals surface area (Å²) in [6, 6.07) is 5.10. The van der Waals surface area contributed by atoms with Crippen molar-refractivity contribution >= 4 is 11.5 Å². The number of nitrogens with zero attached hydrogens (tertiary/aromatic N) is 5. The maximum absolute atomic E-state index is 14.5. The average molecular weight is 390 g/mol. The monoisotopic (exact) mass is 390 g/mol. The van der Waals surface area contributed by atoms with Gasteiger partial charge >= 0.3 is 0 Å². The Hall–Kier alpha value is -3.55. The van der Waals surface area contributed by atoms with Crippen molar-refractivity contribution in [1.29, 1.82) is 0 Å². The van der Waals surface area contributed by atoms with E-state index >= 15 is 0 Å². The summed E-state index contributed by atoms with van der Waals surface area (Å²) in [7, 11) is 0. The van der Waals surface area contributed by atoms with E-state index in [1.54, 1.807) is 31.0 Å². The highest BCUT2D eigenvalue weighted by atomic mass is 19.1. The molecule has 0 atom stereocenters. The molecule has 0 bridgehead atoms. The van der Waals surface area contributed by atoms with Gasteiger partial charge in [-0.05, 0) is 43.5 Å². The molecule has 146 valence electrons. The molecule has 0 saturated heterocycles. The fourth-order valence-corrected chi connectivity index (χ4v) is 3.72. The first-order valence-electron chi connectivity index (χ1n) is 9.49. The zero-order valence-electron chi connectivity index (χ0n) is 15.9. The van der Waals surface area contributed by atoms with Gasteiger partial charge in [-0.2, -0.15) is 0 Å². The van der Waals surface area contributed by atoms with Gasteiger partial charge in [-0.15, -0.1) is 10.2 Å². The van der Waals surface area contributed by atoms with Crippen molar-refractivity contribution < 1.29 is 9.13 Å². The Morgan fingerprint density at radius 2 is 2.17 bits per heavy atom. The minimum absolute atomic E-state index is 0.248. The Balaban J connectivity index is 1.50. The highest BCUT2D eigenvalue weighted by molar-refractivity contribution is 5.71. The quantitative estimate of drug-likeness (QED) is 0.574. The zero-order valence-corrected chi connectivity index (χ0v) is 15.9. The molecular formula is C21H19FN6O. The Bertz CT molecular complexity index is 1210. The lowest BCUT2D eigenvalue weighted by Gasteiger charge is -2.21. The third-order valence-electron chi connectivity index (χ3n) is 5.24. The second-order valence-electron chi connectivity index (χ2n) is 7.02. The van der Waals surface area contributed by atoms with Gasteiger partial charge in [-0.25, -0.2) is 9.37 Å². The minimum atomic E-state index is -0.248. The molecule has 0 radical (unpaired) electrons. The van der Waals surface area contributed by atoms with E-state index < -0.39 is 0 Å². The third-order valence-corrected chi connectivity index (χ3v) is 5.24. The second-order valence-corrected chi connectivity index (χ2v) is 7.02. The molecule has 1 aromatic carbocycles. The number of rotatable bonds is 4. The van der Waals surface area contributed by atoms with Crippen molar-refractivity contribution in [2.45, 2.75) is 26.3 Å². The van der Waals surface area contributed by atoms with Gasteiger partial charge in [-0.3, -0.25) is 9.38 Å². The number of nitrogens with one attached hydrogen (secondary N) is 1. The van der Waals surface area contributed by atoms with Crippen molar-refractivity contribution in [3.05, 3.63) is 65.6 Å². The molecule has 1 N–H and O–H groups in total. The fourth-order valence-electron chi connectivity index (χ4n) is 3.72. The molecule has 5 rings (SSSR count). The molecule has 4 aromatic rings. The van der Waals surface area contributed by atoms with Crippen molar-refractivity contribution in [1.82, 2.24) is 24.6 Å². The number of hydrogen-bond acceptors (Lipinski definition) is 6. The van der Waals surface area contributed by atoms with Gasteiger partial charge < -0.3 is 10.1 Å². The Morgan fingerprint density at radius 1 is 1.24 bits per heavy atom. The van der Waals surface area contributed by atoms with E-state index in [0.29, 0.717) is 30.2 Å². The first-order valence-corrected chi connectivity index (χ1v) is 9.49.